The van der Waals surface area contributed by atoms with Crippen molar-refractivity contribution in [1.82, 2.24) is 9.55 Å². The van der Waals surface area contributed by atoms with Crippen molar-refractivity contribution in [3.63, 3.8) is 0 Å². The Bertz CT molecular complexity index is 1100. The number of nitrogens with zero attached hydrogens (tertiary/aromatic N) is 2. The van der Waals surface area contributed by atoms with Crippen molar-refractivity contribution >= 4 is 45.8 Å². The number of fused-ring (bicyclic) bond motifs is 1. The molecule has 136 valence electrons. The first-order valence-electron chi connectivity index (χ1n) is 8.29. The summed E-state index contributed by atoms with van der Waals surface area (Å²) in [6.45, 7) is 0.387. The van der Waals surface area contributed by atoms with Gasteiger partial charge in [-0.15, -0.1) is 11.3 Å². The molecule has 7 heteroatoms. The number of aryl methyl sites for hydroxylation is 1. The first kappa shape index (κ1) is 17.6. The van der Waals surface area contributed by atoms with E-state index in [4.69, 9.17) is 16.3 Å². The first-order chi connectivity index (χ1) is 13.1. The number of anilines is 1. The molecule has 0 aliphatic heterocycles. The predicted molar refractivity (Wildman–Crippen MR) is 109 cm³/mol. The lowest BCUT2D eigenvalue weighted by molar-refractivity contribution is 0.102. The highest BCUT2D eigenvalue weighted by Gasteiger charge is 2.14. The molecule has 0 unspecified atom stereocenters. The van der Waals surface area contributed by atoms with Crippen molar-refractivity contribution in [2.24, 2.45) is 7.05 Å². The normalized spacial score (nSPS) is 10.9. The van der Waals surface area contributed by atoms with Crippen molar-refractivity contribution < 1.29 is 9.53 Å². The van der Waals surface area contributed by atoms with Gasteiger partial charge in [0.1, 0.15) is 12.4 Å². The molecule has 0 fully saturated rings. The van der Waals surface area contributed by atoms with Crippen LogP contribution in [0.4, 0.5) is 5.95 Å². The third-order valence-electron chi connectivity index (χ3n) is 4.11. The molecule has 0 atom stereocenters. The minimum absolute atomic E-state index is 0.184. The van der Waals surface area contributed by atoms with Gasteiger partial charge < -0.3 is 9.30 Å². The average molecular weight is 398 g/mol. The van der Waals surface area contributed by atoms with Gasteiger partial charge in [-0.1, -0.05) is 23.7 Å². The summed E-state index contributed by atoms with van der Waals surface area (Å²) in [5.74, 6) is 1.07. The largest absolute Gasteiger partial charge is 0.489 e. The standard InChI is InChI=1S/C20H16ClN3O2S/c1-24-17-5-3-2-4-16(17)22-20(24)23-19(25)18-10-13(12-27-18)11-26-15-8-6-14(21)7-9-15/h2-10,12H,11H2,1H3,(H,22,23,25). The van der Waals surface area contributed by atoms with Crippen molar-refractivity contribution in [2.75, 3.05) is 5.32 Å². The second-order valence-corrected chi connectivity index (χ2v) is 7.35. The fourth-order valence-corrected chi connectivity index (χ4v) is 3.61. The summed E-state index contributed by atoms with van der Waals surface area (Å²) < 4.78 is 7.58. The van der Waals surface area contributed by atoms with Crippen LogP contribution in [0, 0.1) is 0 Å². The molecule has 1 N–H and O–H groups in total. The number of thiophene rings is 1. The maximum absolute atomic E-state index is 12.6. The molecule has 4 rings (SSSR count). The minimum atomic E-state index is -0.184. The minimum Gasteiger partial charge on any atom is -0.489 e. The summed E-state index contributed by atoms with van der Waals surface area (Å²) in [4.78, 5) is 17.6. The molecule has 2 aromatic carbocycles. The summed E-state index contributed by atoms with van der Waals surface area (Å²) in [5, 5.41) is 5.46. The van der Waals surface area contributed by atoms with E-state index in [1.54, 1.807) is 12.1 Å². The maximum Gasteiger partial charge on any atom is 0.268 e. The van der Waals surface area contributed by atoms with Crippen LogP contribution in [0.15, 0.2) is 60.0 Å². The van der Waals surface area contributed by atoms with Gasteiger partial charge in [-0.25, -0.2) is 4.98 Å². The molecule has 1 amide bonds. The molecule has 0 saturated carbocycles. The number of aromatic nitrogens is 2. The first-order valence-corrected chi connectivity index (χ1v) is 9.54. The van der Waals surface area contributed by atoms with E-state index in [0.29, 0.717) is 22.5 Å². The lowest BCUT2D eigenvalue weighted by Gasteiger charge is -2.04. The molecule has 27 heavy (non-hydrogen) atoms. The second kappa shape index (κ2) is 7.42. The molecule has 2 aromatic heterocycles. The van der Waals surface area contributed by atoms with Crippen LogP contribution in [0.3, 0.4) is 0 Å². The Hall–Kier alpha value is -2.83. The van der Waals surface area contributed by atoms with Gasteiger partial charge >= 0.3 is 0 Å². The molecule has 0 aliphatic rings. The number of rotatable bonds is 5. The lowest BCUT2D eigenvalue weighted by atomic mass is 10.3. The lowest BCUT2D eigenvalue weighted by Crippen LogP contribution is -2.13. The predicted octanol–water partition coefficient (Wildman–Crippen LogP) is 5.12. The number of halogens is 1. The van der Waals surface area contributed by atoms with Gasteiger partial charge in [-0.2, -0.15) is 0 Å². The average Bonchev–Trinajstić information content (AvgIpc) is 3.27. The van der Waals surface area contributed by atoms with Gasteiger partial charge in [-0.3, -0.25) is 10.1 Å². The Morgan fingerprint density at radius 1 is 1.22 bits per heavy atom. The van der Waals surface area contributed by atoms with Gasteiger partial charge in [0, 0.05) is 17.6 Å². The second-order valence-electron chi connectivity index (χ2n) is 6.00. The van der Waals surface area contributed by atoms with Gasteiger partial charge in [0.15, 0.2) is 0 Å². The maximum atomic E-state index is 12.6. The number of carbonyl (C=O) groups excluding carboxylic acids is 1. The Morgan fingerprint density at radius 3 is 2.78 bits per heavy atom. The Balaban J connectivity index is 1.43. The quantitative estimate of drug-likeness (QED) is 0.508. The van der Waals surface area contributed by atoms with Crippen LogP contribution in [0.25, 0.3) is 11.0 Å². The number of hydrogen-bond donors (Lipinski definition) is 1. The molecule has 0 aliphatic carbocycles. The van der Waals surface area contributed by atoms with Crippen LogP contribution in [0.1, 0.15) is 15.2 Å². The molecular weight excluding hydrogens is 382 g/mol. The van der Waals surface area contributed by atoms with Gasteiger partial charge in [-0.05, 0) is 47.8 Å². The highest BCUT2D eigenvalue weighted by atomic mass is 35.5. The van der Waals surface area contributed by atoms with Gasteiger partial charge in [0.05, 0.1) is 15.9 Å². The van der Waals surface area contributed by atoms with E-state index in [9.17, 15) is 4.79 Å². The summed E-state index contributed by atoms with van der Waals surface area (Å²) in [6.07, 6.45) is 0. The number of hydrogen-bond acceptors (Lipinski definition) is 4. The summed E-state index contributed by atoms with van der Waals surface area (Å²) in [7, 11) is 1.88. The molecule has 0 spiro atoms. The van der Waals surface area contributed by atoms with E-state index in [-0.39, 0.29) is 5.91 Å². The molecule has 0 radical (unpaired) electrons. The SMILES string of the molecule is Cn1c(NC(=O)c2cc(COc3ccc(Cl)cc3)cs2)nc2ccccc21. The Labute approximate surface area is 165 Å². The molecule has 5 nitrogen and oxygen atoms in total. The zero-order chi connectivity index (χ0) is 18.8. The van der Waals surface area contributed by atoms with Crippen molar-refractivity contribution in [3.8, 4) is 5.75 Å². The fourth-order valence-electron chi connectivity index (χ4n) is 2.69. The van der Waals surface area contributed by atoms with Crippen molar-refractivity contribution in [3.05, 3.63) is 75.4 Å². The number of amides is 1. The Kier molecular flexibility index (Phi) is 4.83. The molecule has 0 saturated heterocycles. The molecule has 0 bridgehead atoms. The van der Waals surface area contributed by atoms with E-state index in [2.05, 4.69) is 10.3 Å². The van der Waals surface area contributed by atoms with E-state index in [0.717, 1.165) is 22.3 Å². The number of imidazole rings is 1. The third kappa shape index (κ3) is 3.82. The summed E-state index contributed by atoms with van der Waals surface area (Å²) in [5.41, 5.74) is 2.75. The fraction of sp³-hybridized carbons (Fsp3) is 0.100. The van der Waals surface area contributed by atoms with Gasteiger partial charge in [0.25, 0.3) is 5.91 Å². The zero-order valence-corrected chi connectivity index (χ0v) is 16.1. The highest BCUT2D eigenvalue weighted by Crippen LogP contribution is 2.22. The number of carbonyl (C=O) groups is 1. The van der Waals surface area contributed by atoms with Crippen LogP contribution in [0.5, 0.6) is 5.75 Å². The topological polar surface area (TPSA) is 56.2 Å². The molecular formula is C20H16ClN3O2S. The van der Waals surface area contributed by atoms with Crippen LogP contribution in [0.2, 0.25) is 5.02 Å². The highest BCUT2D eigenvalue weighted by molar-refractivity contribution is 7.12. The van der Waals surface area contributed by atoms with E-state index in [1.165, 1.54) is 11.3 Å². The number of para-hydroxylation sites is 2. The smallest absolute Gasteiger partial charge is 0.268 e. The third-order valence-corrected chi connectivity index (χ3v) is 5.34. The monoisotopic (exact) mass is 397 g/mol. The number of ether oxygens (including phenoxy) is 1. The van der Waals surface area contributed by atoms with Crippen LogP contribution in [-0.2, 0) is 13.7 Å². The number of nitrogens with one attached hydrogen (secondary N) is 1. The van der Waals surface area contributed by atoms with Crippen molar-refractivity contribution in [1.29, 1.82) is 0 Å². The molecule has 2 heterocycles. The number of benzene rings is 2. The Morgan fingerprint density at radius 2 is 2.00 bits per heavy atom. The van der Waals surface area contributed by atoms with E-state index in [1.807, 2.05) is 59.5 Å². The summed E-state index contributed by atoms with van der Waals surface area (Å²) >= 11 is 7.24. The van der Waals surface area contributed by atoms with Crippen LogP contribution < -0.4 is 10.1 Å². The van der Waals surface area contributed by atoms with Gasteiger partial charge in [0.2, 0.25) is 5.95 Å². The molecule has 4 aromatic rings. The summed E-state index contributed by atoms with van der Waals surface area (Å²) in [6, 6.07) is 16.8. The van der Waals surface area contributed by atoms with Crippen LogP contribution >= 0.6 is 22.9 Å². The zero-order valence-electron chi connectivity index (χ0n) is 14.5. The van der Waals surface area contributed by atoms with E-state index >= 15 is 0 Å². The van der Waals surface area contributed by atoms with E-state index < -0.39 is 0 Å². The van der Waals surface area contributed by atoms with Crippen LogP contribution in [-0.4, -0.2) is 15.5 Å². The van der Waals surface area contributed by atoms with Crippen molar-refractivity contribution in [2.45, 2.75) is 6.61 Å².